The molecule has 0 saturated heterocycles. The molecule has 0 amide bonds. The molecule has 0 aliphatic rings. The summed E-state index contributed by atoms with van der Waals surface area (Å²) in [6.45, 7) is 5.34. The molecule has 0 bridgehead atoms. The minimum absolute atomic E-state index is 0.165. The number of sulfonamides is 1. The predicted octanol–water partition coefficient (Wildman–Crippen LogP) is 3.87. The van der Waals surface area contributed by atoms with Crippen LogP contribution in [0.3, 0.4) is 0 Å². The molecule has 4 aromatic rings. The predicted molar refractivity (Wildman–Crippen MR) is 148 cm³/mol. The molecule has 0 aliphatic carbocycles. The summed E-state index contributed by atoms with van der Waals surface area (Å²) >= 11 is 0. The number of benzene rings is 3. The van der Waals surface area contributed by atoms with Gasteiger partial charge in [-0.05, 0) is 50.1 Å². The monoisotopic (exact) mass is 552 g/mol. The van der Waals surface area contributed by atoms with Gasteiger partial charge in [-0.25, -0.2) is 13.4 Å². The van der Waals surface area contributed by atoms with Gasteiger partial charge in [0.2, 0.25) is 0 Å². The number of nitrogens with one attached hydrogen (secondary N) is 2. The van der Waals surface area contributed by atoms with Crippen molar-refractivity contribution in [2.75, 3.05) is 18.4 Å². The standard InChI is InChI=1S/C28H32N4O6S/c1-28(2,12-13-32-18-29-23-15-27(38-19-33)26(37-3)16-24(23)32)30-17-25(34)20-8-7-9-21(14-20)31-39(35,36)22-10-5-4-6-11-22/h4-11,14-16,18-19,25,30-31,34H,12-13,17H2,1-3H3. The Bertz CT molecular complexity index is 1540. The SMILES string of the molecule is COc1cc2c(cc1OC=O)ncn2CCC(C)(C)NCC(O)c1cccc(NS(=O)(=O)c2ccccc2)c1. The van der Waals surface area contributed by atoms with Crippen LogP contribution in [-0.4, -0.2) is 48.7 Å². The summed E-state index contributed by atoms with van der Waals surface area (Å²) in [5.41, 5.74) is 2.15. The molecule has 0 saturated carbocycles. The number of rotatable bonds is 13. The van der Waals surface area contributed by atoms with Crippen molar-refractivity contribution in [1.29, 1.82) is 0 Å². The second-order valence-corrected chi connectivity index (χ2v) is 11.4. The number of aliphatic hydroxyl groups is 1. The number of methoxy groups -OCH3 is 1. The van der Waals surface area contributed by atoms with E-state index in [0.29, 0.717) is 41.3 Å². The van der Waals surface area contributed by atoms with Crippen LogP contribution in [0.25, 0.3) is 11.0 Å². The number of carbonyl (C=O) groups excluding carboxylic acids is 1. The van der Waals surface area contributed by atoms with Crippen LogP contribution in [-0.2, 0) is 21.4 Å². The van der Waals surface area contributed by atoms with E-state index in [0.717, 1.165) is 11.9 Å². The first-order valence-corrected chi connectivity index (χ1v) is 13.8. The number of hydrogen-bond acceptors (Lipinski definition) is 8. The molecule has 206 valence electrons. The van der Waals surface area contributed by atoms with Crippen LogP contribution in [0.4, 0.5) is 5.69 Å². The molecule has 4 rings (SSSR count). The van der Waals surface area contributed by atoms with E-state index in [1.165, 1.54) is 19.2 Å². The lowest BCUT2D eigenvalue weighted by atomic mass is 9.99. The quantitative estimate of drug-likeness (QED) is 0.213. The van der Waals surface area contributed by atoms with Crippen LogP contribution in [0.2, 0.25) is 0 Å². The number of anilines is 1. The highest BCUT2D eigenvalue weighted by atomic mass is 32.2. The van der Waals surface area contributed by atoms with Crippen molar-refractivity contribution in [2.45, 2.75) is 43.4 Å². The van der Waals surface area contributed by atoms with Crippen molar-refractivity contribution < 1.29 is 27.8 Å². The number of aliphatic hydroxyl groups excluding tert-OH is 1. The van der Waals surface area contributed by atoms with E-state index in [9.17, 15) is 18.3 Å². The number of β-amino-alcohol motifs (C(OH)–C–C–N with tert-alkyl or cyclic N) is 1. The van der Waals surface area contributed by atoms with Gasteiger partial charge in [0.25, 0.3) is 16.5 Å². The normalized spacial score (nSPS) is 12.7. The second kappa shape index (κ2) is 11.9. The molecule has 1 heterocycles. The molecule has 3 N–H and O–H groups in total. The Morgan fingerprint density at radius 2 is 1.85 bits per heavy atom. The first-order chi connectivity index (χ1) is 18.6. The van der Waals surface area contributed by atoms with Crippen LogP contribution in [0.1, 0.15) is 31.9 Å². The Morgan fingerprint density at radius 1 is 1.08 bits per heavy atom. The maximum Gasteiger partial charge on any atom is 0.298 e. The number of imidazole rings is 1. The molecular weight excluding hydrogens is 520 g/mol. The minimum Gasteiger partial charge on any atom is -0.493 e. The summed E-state index contributed by atoms with van der Waals surface area (Å²) in [6, 6.07) is 18.3. The number of aryl methyl sites for hydroxylation is 1. The number of aromatic nitrogens is 2. The Balaban J connectivity index is 1.37. The molecule has 0 fully saturated rings. The lowest BCUT2D eigenvalue weighted by molar-refractivity contribution is -0.120. The zero-order valence-corrected chi connectivity index (χ0v) is 22.8. The van der Waals surface area contributed by atoms with Gasteiger partial charge in [0.15, 0.2) is 11.5 Å². The molecule has 1 atom stereocenters. The lowest BCUT2D eigenvalue weighted by Gasteiger charge is -2.28. The van der Waals surface area contributed by atoms with Crippen LogP contribution >= 0.6 is 0 Å². The summed E-state index contributed by atoms with van der Waals surface area (Å²) in [7, 11) is -2.23. The van der Waals surface area contributed by atoms with E-state index in [2.05, 4.69) is 15.0 Å². The largest absolute Gasteiger partial charge is 0.493 e. The molecule has 10 nitrogen and oxygen atoms in total. The Hall–Kier alpha value is -3.93. The summed E-state index contributed by atoms with van der Waals surface area (Å²) in [4.78, 5) is 15.3. The topological polar surface area (TPSA) is 132 Å². The van der Waals surface area contributed by atoms with Gasteiger partial charge in [-0.1, -0.05) is 30.3 Å². The number of fused-ring (bicyclic) bond motifs is 1. The first kappa shape index (κ1) is 28.1. The number of ether oxygens (including phenoxy) is 2. The Labute approximate surface area is 227 Å². The number of hydrogen-bond donors (Lipinski definition) is 3. The fourth-order valence-corrected chi connectivity index (χ4v) is 5.22. The van der Waals surface area contributed by atoms with E-state index < -0.39 is 16.1 Å². The zero-order chi connectivity index (χ0) is 28.0. The molecule has 3 aromatic carbocycles. The molecule has 1 aromatic heterocycles. The second-order valence-electron chi connectivity index (χ2n) is 9.72. The van der Waals surface area contributed by atoms with Gasteiger partial charge in [-0.2, -0.15) is 0 Å². The van der Waals surface area contributed by atoms with Crippen LogP contribution in [0.15, 0.2) is 78.0 Å². The maximum atomic E-state index is 12.7. The van der Waals surface area contributed by atoms with Gasteiger partial charge in [-0.3, -0.25) is 9.52 Å². The number of carbonyl (C=O) groups is 1. The van der Waals surface area contributed by atoms with Gasteiger partial charge in [0.05, 0.1) is 35.5 Å². The van der Waals surface area contributed by atoms with Gasteiger partial charge < -0.3 is 24.5 Å². The smallest absolute Gasteiger partial charge is 0.298 e. The zero-order valence-electron chi connectivity index (χ0n) is 22.0. The Kier molecular flexibility index (Phi) is 8.54. The van der Waals surface area contributed by atoms with E-state index >= 15 is 0 Å². The summed E-state index contributed by atoms with van der Waals surface area (Å²) in [5, 5.41) is 14.2. The Morgan fingerprint density at radius 3 is 2.56 bits per heavy atom. The third-order valence-electron chi connectivity index (χ3n) is 6.41. The van der Waals surface area contributed by atoms with Crippen molar-refractivity contribution in [3.05, 3.63) is 78.6 Å². The molecule has 0 radical (unpaired) electrons. The fourth-order valence-electron chi connectivity index (χ4n) is 4.15. The van der Waals surface area contributed by atoms with Gasteiger partial charge in [0.1, 0.15) is 0 Å². The molecular formula is C28H32N4O6S. The van der Waals surface area contributed by atoms with Crippen molar-refractivity contribution in [1.82, 2.24) is 14.9 Å². The van der Waals surface area contributed by atoms with Crippen LogP contribution < -0.4 is 19.5 Å². The fraction of sp³-hybridized carbons (Fsp3) is 0.286. The van der Waals surface area contributed by atoms with Crippen LogP contribution in [0, 0.1) is 0 Å². The number of nitrogens with zero attached hydrogens (tertiary/aromatic N) is 2. The van der Waals surface area contributed by atoms with Crippen molar-refractivity contribution >= 4 is 33.2 Å². The summed E-state index contributed by atoms with van der Waals surface area (Å²) < 4.78 is 40.2. The van der Waals surface area contributed by atoms with Gasteiger partial charge in [-0.15, -0.1) is 0 Å². The van der Waals surface area contributed by atoms with E-state index in [-0.39, 0.29) is 17.0 Å². The molecule has 39 heavy (non-hydrogen) atoms. The molecule has 1 unspecified atom stereocenters. The van der Waals surface area contributed by atoms with E-state index in [4.69, 9.17) is 9.47 Å². The van der Waals surface area contributed by atoms with E-state index in [1.807, 2.05) is 18.4 Å². The summed E-state index contributed by atoms with van der Waals surface area (Å²) in [5.74, 6) is 0.739. The molecule has 11 heteroatoms. The first-order valence-electron chi connectivity index (χ1n) is 12.4. The average Bonchev–Trinajstić information content (AvgIpc) is 3.32. The lowest BCUT2D eigenvalue weighted by Crippen LogP contribution is -2.42. The third kappa shape index (κ3) is 6.94. The highest BCUT2D eigenvalue weighted by molar-refractivity contribution is 7.92. The highest BCUT2D eigenvalue weighted by Gasteiger charge is 2.21. The maximum absolute atomic E-state index is 12.7. The molecule has 0 aliphatic heterocycles. The average molecular weight is 553 g/mol. The summed E-state index contributed by atoms with van der Waals surface area (Å²) in [6.07, 6.45) is 1.60. The van der Waals surface area contributed by atoms with Gasteiger partial charge >= 0.3 is 0 Å². The third-order valence-corrected chi connectivity index (χ3v) is 7.81. The van der Waals surface area contributed by atoms with Crippen molar-refractivity contribution in [2.24, 2.45) is 0 Å². The molecule has 0 spiro atoms. The van der Waals surface area contributed by atoms with Crippen molar-refractivity contribution in [3.63, 3.8) is 0 Å². The highest BCUT2D eigenvalue weighted by Crippen LogP contribution is 2.32. The minimum atomic E-state index is -3.73. The van der Waals surface area contributed by atoms with Gasteiger partial charge in [0, 0.05) is 36.4 Å². The van der Waals surface area contributed by atoms with E-state index in [1.54, 1.807) is 60.9 Å². The van der Waals surface area contributed by atoms with Crippen LogP contribution in [0.5, 0.6) is 11.5 Å². The van der Waals surface area contributed by atoms with Crippen molar-refractivity contribution in [3.8, 4) is 11.5 Å².